The number of nitrogens with one attached hydrogen (secondary N) is 2. The first-order valence-electron chi connectivity index (χ1n) is 9.06. The number of halogens is 1. The molecule has 2 N–H and O–H groups in total. The Morgan fingerprint density at radius 2 is 1.86 bits per heavy atom. The van der Waals surface area contributed by atoms with Crippen molar-refractivity contribution in [3.8, 4) is 11.5 Å². The highest BCUT2D eigenvalue weighted by molar-refractivity contribution is 7.89. The number of benzene rings is 2. The van der Waals surface area contributed by atoms with Crippen LogP contribution < -0.4 is 19.5 Å². The first-order chi connectivity index (χ1) is 13.6. The predicted octanol–water partition coefficient (Wildman–Crippen LogP) is 3.12. The SMILES string of the molecule is CC(C)(C)NS(=O)(=O)c1cc(C(=O)NCc2cccc3c2OCCO3)ccc1Cl. The van der Waals surface area contributed by atoms with Crippen LogP contribution in [0, 0.1) is 0 Å². The molecule has 0 saturated heterocycles. The lowest BCUT2D eigenvalue weighted by Gasteiger charge is -2.21. The van der Waals surface area contributed by atoms with Crippen molar-refractivity contribution in [3.05, 3.63) is 52.5 Å². The third kappa shape index (κ3) is 5.20. The fraction of sp³-hybridized carbons (Fsp3) is 0.350. The standard InChI is InChI=1S/C20H23ClN2O5S/c1-20(2,3)23-29(25,26)17-11-13(7-8-15(17)21)19(24)22-12-14-5-4-6-16-18(14)28-10-9-27-16/h4-8,11,23H,9-10,12H2,1-3H3,(H,22,24). The van der Waals surface area contributed by atoms with Gasteiger partial charge in [-0.1, -0.05) is 23.7 Å². The molecular weight excluding hydrogens is 416 g/mol. The van der Waals surface area contributed by atoms with Crippen molar-refractivity contribution >= 4 is 27.5 Å². The second-order valence-electron chi connectivity index (χ2n) is 7.62. The van der Waals surface area contributed by atoms with E-state index in [0.29, 0.717) is 24.7 Å². The molecule has 1 amide bonds. The highest BCUT2D eigenvalue weighted by Crippen LogP contribution is 2.33. The Kier molecular flexibility index (Phi) is 6.07. The number of hydrogen-bond acceptors (Lipinski definition) is 5. The lowest BCUT2D eigenvalue weighted by Crippen LogP contribution is -2.40. The van der Waals surface area contributed by atoms with Crippen molar-refractivity contribution in [2.75, 3.05) is 13.2 Å². The van der Waals surface area contributed by atoms with E-state index in [-0.39, 0.29) is 22.0 Å². The molecule has 0 radical (unpaired) electrons. The smallest absolute Gasteiger partial charge is 0.251 e. The largest absolute Gasteiger partial charge is 0.486 e. The number of para-hydroxylation sites is 1. The summed E-state index contributed by atoms with van der Waals surface area (Å²) in [6.07, 6.45) is 0. The minimum Gasteiger partial charge on any atom is -0.486 e. The summed E-state index contributed by atoms with van der Waals surface area (Å²) >= 11 is 6.09. The summed E-state index contributed by atoms with van der Waals surface area (Å²) in [5.41, 5.74) is 0.270. The Morgan fingerprint density at radius 3 is 2.59 bits per heavy atom. The fourth-order valence-electron chi connectivity index (χ4n) is 2.86. The molecule has 7 nitrogen and oxygen atoms in total. The molecule has 0 aromatic heterocycles. The fourth-order valence-corrected chi connectivity index (χ4v) is 4.80. The maximum atomic E-state index is 12.6. The van der Waals surface area contributed by atoms with Gasteiger partial charge in [-0.3, -0.25) is 4.79 Å². The summed E-state index contributed by atoms with van der Waals surface area (Å²) in [6, 6.07) is 9.60. The summed E-state index contributed by atoms with van der Waals surface area (Å²) < 4.78 is 39.0. The van der Waals surface area contributed by atoms with Crippen molar-refractivity contribution in [1.29, 1.82) is 0 Å². The molecule has 1 heterocycles. The van der Waals surface area contributed by atoms with Gasteiger partial charge < -0.3 is 14.8 Å². The van der Waals surface area contributed by atoms with Crippen LogP contribution in [0.25, 0.3) is 0 Å². The molecule has 9 heteroatoms. The maximum Gasteiger partial charge on any atom is 0.251 e. The maximum absolute atomic E-state index is 12.6. The van der Waals surface area contributed by atoms with Gasteiger partial charge in [0.05, 0.1) is 5.02 Å². The number of fused-ring (bicyclic) bond motifs is 1. The van der Waals surface area contributed by atoms with Crippen LogP contribution >= 0.6 is 11.6 Å². The molecule has 2 aromatic rings. The summed E-state index contributed by atoms with van der Waals surface area (Å²) in [5.74, 6) is 0.812. The number of rotatable bonds is 5. The lowest BCUT2D eigenvalue weighted by atomic mass is 10.1. The highest BCUT2D eigenvalue weighted by Gasteiger charge is 2.25. The third-order valence-corrected chi connectivity index (χ3v) is 6.25. The van der Waals surface area contributed by atoms with Crippen LogP contribution in [0.3, 0.4) is 0 Å². The van der Waals surface area contributed by atoms with E-state index in [1.165, 1.54) is 18.2 Å². The molecule has 0 saturated carbocycles. The number of ether oxygens (including phenoxy) is 2. The molecule has 3 rings (SSSR count). The van der Waals surface area contributed by atoms with Crippen LogP contribution in [-0.2, 0) is 16.6 Å². The van der Waals surface area contributed by atoms with Gasteiger partial charge in [0.2, 0.25) is 10.0 Å². The van der Waals surface area contributed by atoms with E-state index >= 15 is 0 Å². The van der Waals surface area contributed by atoms with E-state index in [2.05, 4.69) is 10.0 Å². The summed E-state index contributed by atoms with van der Waals surface area (Å²) in [7, 11) is -3.88. The quantitative estimate of drug-likeness (QED) is 0.748. The number of sulfonamides is 1. The first kappa shape index (κ1) is 21.4. The molecular formula is C20H23ClN2O5S. The van der Waals surface area contributed by atoms with Gasteiger partial charge in [0.15, 0.2) is 11.5 Å². The van der Waals surface area contributed by atoms with Crippen LogP contribution in [0.15, 0.2) is 41.3 Å². The van der Waals surface area contributed by atoms with E-state index in [1.54, 1.807) is 26.8 Å². The molecule has 0 aliphatic carbocycles. The second kappa shape index (κ2) is 8.22. The first-order valence-corrected chi connectivity index (χ1v) is 10.9. The average Bonchev–Trinajstić information content (AvgIpc) is 2.64. The molecule has 1 aliphatic heterocycles. The van der Waals surface area contributed by atoms with Gasteiger partial charge in [-0.05, 0) is 45.0 Å². The van der Waals surface area contributed by atoms with Crippen molar-refractivity contribution < 1.29 is 22.7 Å². The second-order valence-corrected chi connectivity index (χ2v) is 9.68. The topological polar surface area (TPSA) is 93.7 Å². The van der Waals surface area contributed by atoms with E-state index < -0.39 is 21.5 Å². The van der Waals surface area contributed by atoms with Crippen LogP contribution in [0.5, 0.6) is 11.5 Å². The van der Waals surface area contributed by atoms with Gasteiger partial charge in [-0.25, -0.2) is 13.1 Å². The minimum absolute atomic E-state index is 0.0426. The van der Waals surface area contributed by atoms with Crippen molar-refractivity contribution in [1.82, 2.24) is 10.0 Å². The Labute approximate surface area is 175 Å². The normalized spacial score (nSPS) is 13.8. The Bertz CT molecular complexity index is 1030. The zero-order valence-electron chi connectivity index (χ0n) is 16.4. The zero-order chi connectivity index (χ0) is 21.2. The Morgan fingerprint density at radius 1 is 1.14 bits per heavy atom. The van der Waals surface area contributed by atoms with E-state index in [4.69, 9.17) is 21.1 Å². The van der Waals surface area contributed by atoms with Crippen LogP contribution in [0.4, 0.5) is 0 Å². The highest BCUT2D eigenvalue weighted by atomic mass is 35.5. The molecule has 1 aliphatic rings. The molecule has 156 valence electrons. The molecule has 2 aromatic carbocycles. The average molecular weight is 439 g/mol. The van der Waals surface area contributed by atoms with Gasteiger partial charge >= 0.3 is 0 Å². The van der Waals surface area contributed by atoms with Crippen molar-refractivity contribution in [2.45, 2.75) is 37.8 Å². The minimum atomic E-state index is -3.88. The molecule has 0 atom stereocenters. The summed E-state index contributed by atoms with van der Waals surface area (Å²) in [4.78, 5) is 12.5. The number of amides is 1. The predicted molar refractivity (Wildman–Crippen MR) is 110 cm³/mol. The molecule has 0 unspecified atom stereocenters. The number of carbonyl (C=O) groups excluding carboxylic acids is 1. The van der Waals surface area contributed by atoms with Crippen LogP contribution in [-0.4, -0.2) is 33.1 Å². The molecule has 0 spiro atoms. The Hall–Kier alpha value is -2.29. The monoisotopic (exact) mass is 438 g/mol. The van der Waals surface area contributed by atoms with Gasteiger partial charge in [-0.2, -0.15) is 0 Å². The van der Waals surface area contributed by atoms with E-state index in [1.807, 2.05) is 12.1 Å². The Balaban J connectivity index is 1.79. The van der Waals surface area contributed by atoms with E-state index in [0.717, 1.165) is 5.56 Å². The lowest BCUT2D eigenvalue weighted by molar-refractivity contribution is 0.0949. The molecule has 0 fully saturated rings. The number of carbonyl (C=O) groups is 1. The number of hydrogen-bond donors (Lipinski definition) is 2. The van der Waals surface area contributed by atoms with Crippen molar-refractivity contribution in [2.24, 2.45) is 0 Å². The molecule has 29 heavy (non-hydrogen) atoms. The molecule has 0 bridgehead atoms. The third-order valence-electron chi connectivity index (χ3n) is 4.01. The van der Waals surface area contributed by atoms with Crippen LogP contribution in [0.2, 0.25) is 5.02 Å². The van der Waals surface area contributed by atoms with Gasteiger partial charge in [0, 0.05) is 23.2 Å². The van der Waals surface area contributed by atoms with Gasteiger partial charge in [-0.15, -0.1) is 0 Å². The summed E-state index contributed by atoms with van der Waals surface area (Å²) in [6.45, 7) is 6.30. The van der Waals surface area contributed by atoms with E-state index in [9.17, 15) is 13.2 Å². The zero-order valence-corrected chi connectivity index (χ0v) is 18.0. The van der Waals surface area contributed by atoms with Crippen LogP contribution in [0.1, 0.15) is 36.7 Å². The van der Waals surface area contributed by atoms with Gasteiger partial charge in [0.1, 0.15) is 18.1 Å². The van der Waals surface area contributed by atoms with Crippen molar-refractivity contribution in [3.63, 3.8) is 0 Å². The van der Waals surface area contributed by atoms with Gasteiger partial charge in [0.25, 0.3) is 5.91 Å². The summed E-state index contributed by atoms with van der Waals surface area (Å²) in [5, 5.41) is 2.82.